The molecule has 3 aromatic rings. The Morgan fingerprint density at radius 2 is 2.00 bits per heavy atom. The number of carbonyl (C=O) groups excluding carboxylic acids is 1. The third-order valence-corrected chi connectivity index (χ3v) is 5.12. The fourth-order valence-corrected chi connectivity index (χ4v) is 3.47. The van der Waals surface area contributed by atoms with Gasteiger partial charge in [-0.1, -0.05) is 36.8 Å². The monoisotopic (exact) mass is 347 g/mol. The first-order valence-electron chi connectivity index (χ1n) is 8.87. The van der Waals surface area contributed by atoms with Crippen LogP contribution >= 0.6 is 0 Å². The lowest BCUT2D eigenvalue weighted by Crippen LogP contribution is -2.43. The average molecular weight is 347 g/mol. The molecule has 0 bridgehead atoms. The molecular formula is C20H21N5O. The molecule has 6 heteroatoms. The molecule has 1 saturated carbocycles. The summed E-state index contributed by atoms with van der Waals surface area (Å²) >= 11 is 0. The molecule has 1 fully saturated rings. The highest BCUT2D eigenvalue weighted by molar-refractivity contribution is 5.93. The summed E-state index contributed by atoms with van der Waals surface area (Å²) in [5.41, 5.74) is 2.08. The number of nitrogens with zero attached hydrogens (tertiary/aromatic N) is 4. The summed E-state index contributed by atoms with van der Waals surface area (Å²) in [4.78, 5) is 20.7. The normalized spacial score (nSPS) is 15.2. The van der Waals surface area contributed by atoms with E-state index in [4.69, 9.17) is 0 Å². The topological polar surface area (TPSA) is 72.7 Å². The third kappa shape index (κ3) is 3.49. The molecule has 4 rings (SSSR count). The van der Waals surface area contributed by atoms with E-state index in [1.165, 1.54) is 18.3 Å². The van der Waals surface area contributed by atoms with Gasteiger partial charge in [0.1, 0.15) is 12.7 Å². The molecule has 0 saturated heterocycles. The molecule has 2 aromatic heterocycles. The molecule has 2 heterocycles. The molecule has 1 aliphatic carbocycles. The minimum atomic E-state index is -0.0815. The Bertz CT molecular complexity index is 855. The van der Waals surface area contributed by atoms with Crippen LogP contribution in [0.2, 0.25) is 0 Å². The van der Waals surface area contributed by atoms with Crippen LogP contribution in [-0.4, -0.2) is 32.2 Å². The van der Waals surface area contributed by atoms with E-state index >= 15 is 0 Å². The Morgan fingerprint density at radius 1 is 1.15 bits per heavy atom. The van der Waals surface area contributed by atoms with Crippen LogP contribution in [0.1, 0.15) is 35.2 Å². The Morgan fingerprint density at radius 3 is 2.62 bits per heavy atom. The largest absolute Gasteiger partial charge is 0.351 e. The summed E-state index contributed by atoms with van der Waals surface area (Å²) in [5.74, 6) is 0.556. The number of hydrogen-bond acceptors (Lipinski definition) is 4. The van der Waals surface area contributed by atoms with E-state index in [0.717, 1.165) is 19.3 Å². The number of carbonyl (C=O) groups is 1. The van der Waals surface area contributed by atoms with Gasteiger partial charge in [-0.05, 0) is 42.4 Å². The van der Waals surface area contributed by atoms with Crippen molar-refractivity contribution < 1.29 is 4.79 Å². The van der Waals surface area contributed by atoms with Crippen LogP contribution in [0.25, 0.3) is 5.82 Å². The first-order valence-corrected chi connectivity index (χ1v) is 8.87. The zero-order chi connectivity index (χ0) is 17.8. The SMILES string of the molecule is O=C(NCC1(Cc2ccccc2)CCC1)c1ccc(-n2cncn2)nc1. The first kappa shape index (κ1) is 16.4. The Balaban J connectivity index is 1.38. The van der Waals surface area contributed by atoms with Gasteiger partial charge in [-0.3, -0.25) is 4.79 Å². The van der Waals surface area contributed by atoms with E-state index in [9.17, 15) is 4.79 Å². The smallest absolute Gasteiger partial charge is 0.252 e. The van der Waals surface area contributed by atoms with Crippen LogP contribution in [0.4, 0.5) is 0 Å². The van der Waals surface area contributed by atoms with E-state index in [2.05, 4.69) is 44.6 Å². The maximum Gasteiger partial charge on any atom is 0.252 e. The van der Waals surface area contributed by atoms with Gasteiger partial charge in [0.15, 0.2) is 5.82 Å². The molecule has 1 aliphatic rings. The Kier molecular flexibility index (Phi) is 4.48. The molecule has 132 valence electrons. The van der Waals surface area contributed by atoms with E-state index in [1.54, 1.807) is 29.3 Å². The zero-order valence-corrected chi connectivity index (χ0v) is 14.5. The van der Waals surface area contributed by atoms with Crippen molar-refractivity contribution in [1.29, 1.82) is 0 Å². The summed E-state index contributed by atoms with van der Waals surface area (Å²) < 4.78 is 1.56. The van der Waals surface area contributed by atoms with Crippen molar-refractivity contribution >= 4 is 5.91 Å². The average Bonchev–Trinajstić information content (AvgIpc) is 3.19. The van der Waals surface area contributed by atoms with Crippen molar-refractivity contribution in [3.05, 3.63) is 72.4 Å². The van der Waals surface area contributed by atoms with Crippen molar-refractivity contribution in [3.8, 4) is 5.82 Å². The number of nitrogens with one attached hydrogen (secondary N) is 1. The second-order valence-corrected chi connectivity index (χ2v) is 6.94. The van der Waals surface area contributed by atoms with Gasteiger partial charge in [-0.25, -0.2) is 14.6 Å². The lowest BCUT2D eigenvalue weighted by atomic mass is 9.65. The number of pyridine rings is 1. The second kappa shape index (κ2) is 7.07. The van der Waals surface area contributed by atoms with Crippen LogP contribution in [0.15, 0.2) is 61.3 Å². The first-order chi connectivity index (χ1) is 12.7. The minimum Gasteiger partial charge on any atom is -0.351 e. The zero-order valence-electron chi connectivity index (χ0n) is 14.5. The van der Waals surface area contributed by atoms with Crippen molar-refractivity contribution in [2.75, 3.05) is 6.54 Å². The van der Waals surface area contributed by atoms with E-state index in [0.29, 0.717) is 17.9 Å². The fraction of sp³-hybridized carbons (Fsp3) is 0.300. The highest BCUT2D eigenvalue weighted by Crippen LogP contribution is 2.43. The van der Waals surface area contributed by atoms with Gasteiger partial charge < -0.3 is 5.32 Å². The summed E-state index contributed by atoms with van der Waals surface area (Å²) in [5, 5.41) is 7.13. The van der Waals surface area contributed by atoms with Crippen LogP contribution in [0, 0.1) is 5.41 Å². The molecule has 0 atom stereocenters. The number of rotatable bonds is 6. The Hall–Kier alpha value is -3.02. The Labute approximate surface area is 152 Å². The molecule has 0 aliphatic heterocycles. The molecule has 0 unspecified atom stereocenters. The van der Waals surface area contributed by atoms with Crippen molar-refractivity contribution in [3.63, 3.8) is 0 Å². The molecule has 0 radical (unpaired) electrons. The standard InChI is InChI=1S/C20H21N5O/c26-19(17-7-8-18(22-12-17)25-15-21-14-24-25)23-13-20(9-4-10-20)11-16-5-2-1-3-6-16/h1-3,5-8,12,14-15H,4,9-11,13H2,(H,23,26). The molecule has 0 spiro atoms. The molecule has 1 N–H and O–H groups in total. The van der Waals surface area contributed by atoms with Crippen LogP contribution in [0.3, 0.4) is 0 Å². The highest BCUT2D eigenvalue weighted by atomic mass is 16.1. The number of hydrogen-bond donors (Lipinski definition) is 1. The maximum atomic E-state index is 12.5. The highest BCUT2D eigenvalue weighted by Gasteiger charge is 2.37. The predicted octanol–water partition coefficient (Wildman–Crippen LogP) is 2.81. The third-order valence-electron chi connectivity index (χ3n) is 5.12. The van der Waals surface area contributed by atoms with E-state index in [-0.39, 0.29) is 11.3 Å². The number of aromatic nitrogens is 4. The molecule has 6 nitrogen and oxygen atoms in total. The van der Waals surface area contributed by atoms with Gasteiger partial charge >= 0.3 is 0 Å². The predicted molar refractivity (Wildman–Crippen MR) is 97.9 cm³/mol. The van der Waals surface area contributed by atoms with Gasteiger partial charge in [0.25, 0.3) is 5.91 Å². The van der Waals surface area contributed by atoms with E-state index in [1.807, 2.05) is 6.07 Å². The summed E-state index contributed by atoms with van der Waals surface area (Å²) in [6.07, 6.45) is 9.17. The molecule has 1 aromatic carbocycles. The lowest BCUT2D eigenvalue weighted by Gasteiger charge is -2.42. The van der Waals surface area contributed by atoms with Crippen LogP contribution in [0.5, 0.6) is 0 Å². The van der Waals surface area contributed by atoms with Crippen molar-refractivity contribution in [1.82, 2.24) is 25.1 Å². The summed E-state index contributed by atoms with van der Waals surface area (Å²) in [6, 6.07) is 14.0. The second-order valence-electron chi connectivity index (χ2n) is 6.94. The van der Waals surface area contributed by atoms with Gasteiger partial charge in [0.2, 0.25) is 0 Å². The van der Waals surface area contributed by atoms with Gasteiger partial charge in [0, 0.05) is 12.7 Å². The van der Waals surface area contributed by atoms with Crippen LogP contribution < -0.4 is 5.32 Å². The lowest BCUT2D eigenvalue weighted by molar-refractivity contribution is 0.0859. The summed E-state index contributed by atoms with van der Waals surface area (Å²) in [7, 11) is 0. The van der Waals surface area contributed by atoms with Crippen molar-refractivity contribution in [2.45, 2.75) is 25.7 Å². The summed E-state index contributed by atoms with van der Waals surface area (Å²) in [6.45, 7) is 0.700. The van der Waals surface area contributed by atoms with Crippen molar-refractivity contribution in [2.24, 2.45) is 5.41 Å². The van der Waals surface area contributed by atoms with Gasteiger partial charge in [-0.15, -0.1) is 0 Å². The van der Waals surface area contributed by atoms with Crippen LogP contribution in [-0.2, 0) is 6.42 Å². The molecular weight excluding hydrogens is 326 g/mol. The maximum absolute atomic E-state index is 12.5. The van der Waals surface area contributed by atoms with Gasteiger partial charge in [0.05, 0.1) is 5.56 Å². The number of amides is 1. The van der Waals surface area contributed by atoms with Gasteiger partial charge in [-0.2, -0.15) is 5.10 Å². The molecule has 26 heavy (non-hydrogen) atoms. The minimum absolute atomic E-state index is 0.0815. The molecule has 1 amide bonds. The quantitative estimate of drug-likeness (QED) is 0.744. The van der Waals surface area contributed by atoms with E-state index < -0.39 is 0 Å². The number of benzene rings is 1. The fourth-order valence-electron chi connectivity index (χ4n) is 3.47.